The predicted octanol–water partition coefficient (Wildman–Crippen LogP) is 2.52. The van der Waals surface area contributed by atoms with Crippen LogP contribution in [0.3, 0.4) is 0 Å². The van der Waals surface area contributed by atoms with Crippen molar-refractivity contribution in [3.8, 4) is 0 Å². The summed E-state index contributed by atoms with van der Waals surface area (Å²) in [5.74, 6) is 0.967. The van der Waals surface area contributed by atoms with Crippen LogP contribution in [0.2, 0.25) is 0 Å². The van der Waals surface area contributed by atoms with Crippen molar-refractivity contribution < 1.29 is 5.11 Å². The average Bonchev–Trinajstić information content (AvgIpc) is 2.47. The van der Waals surface area contributed by atoms with Crippen LogP contribution in [0.1, 0.15) is 64.7 Å². The molecule has 1 aliphatic heterocycles. The lowest BCUT2D eigenvalue weighted by atomic mass is 9.78. The summed E-state index contributed by atoms with van der Waals surface area (Å²) in [6.07, 6.45) is 11.5. The van der Waals surface area contributed by atoms with Crippen molar-refractivity contribution in [2.45, 2.75) is 76.3 Å². The van der Waals surface area contributed by atoms with Gasteiger partial charge in [0, 0.05) is 11.6 Å². The molecule has 2 aliphatic rings. The zero-order valence-electron chi connectivity index (χ0n) is 12.6. The van der Waals surface area contributed by atoms with Crippen LogP contribution < -0.4 is 5.73 Å². The first-order chi connectivity index (χ1) is 9.18. The fourth-order valence-corrected chi connectivity index (χ4v) is 4.01. The molecule has 2 rings (SSSR count). The van der Waals surface area contributed by atoms with E-state index >= 15 is 0 Å². The SMILES string of the molecule is CCC(N)(CO)CCCN1CCCC2CCCCC21. The first-order valence-corrected chi connectivity index (χ1v) is 8.32. The smallest absolute Gasteiger partial charge is 0.0611 e. The minimum Gasteiger partial charge on any atom is -0.394 e. The lowest BCUT2D eigenvalue weighted by Crippen LogP contribution is -2.48. The summed E-state index contributed by atoms with van der Waals surface area (Å²) in [7, 11) is 0. The number of fused-ring (bicyclic) bond motifs is 1. The maximum absolute atomic E-state index is 9.37. The van der Waals surface area contributed by atoms with E-state index in [1.165, 1.54) is 51.6 Å². The molecule has 1 heterocycles. The predicted molar refractivity (Wildman–Crippen MR) is 80.1 cm³/mol. The molecule has 3 N–H and O–H groups in total. The van der Waals surface area contributed by atoms with Gasteiger partial charge in [-0.05, 0) is 64.0 Å². The van der Waals surface area contributed by atoms with Crippen molar-refractivity contribution in [2.75, 3.05) is 19.7 Å². The van der Waals surface area contributed by atoms with Gasteiger partial charge >= 0.3 is 0 Å². The Morgan fingerprint density at radius 1 is 1.21 bits per heavy atom. The van der Waals surface area contributed by atoms with E-state index in [1.54, 1.807) is 0 Å². The Balaban J connectivity index is 1.78. The third-order valence-corrected chi connectivity index (χ3v) is 5.50. The Morgan fingerprint density at radius 3 is 2.68 bits per heavy atom. The molecule has 0 amide bonds. The Morgan fingerprint density at radius 2 is 1.95 bits per heavy atom. The van der Waals surface area contributed by atoms with Crippen LogP contribution in [0.4, 0.5) is 0 Å². The zero-order chi connectivity index (χ0) is 13.7. The zero-order valence-corrected chi connectivity index (χ0v) is 12.6. The highest BCUT2D eigenvalue weighted by molar-refractivity contribution is 4.88. The molecular formula is C16H32N2O. The van der Waals surface area contributed by atoms with Gasteiger partial charge in [0.25, 0.3) is 0 Å². The molecule has 3 unspecified atom stereocenters. The molecule has 1 saturated heterocycles. The van der Waals surface area contributed by atoms with Crippen molar-refractivity contribution in [1.82, 2.24) is 4.90 Å². The van der Waals surface area contributed by atoms with Crippen LogP contribution in [0.5, 0.6) is 0 Å². The van der Waals surface area contributed by atoms with Gasteiger partial charge in [0.05, 0.1) is 6.61 Å². The summed E-state index contributed by atoms with van der Waals surface area (Å²) < 4.78 is 0. The van der Waals surface area contributed by atoms with Crippen molar-refractivity contribution in [2.24, 2.45) is 11.7 Å². The molecule has 1 saturated carbocycles. The van der Waals surface area contributed by atoms with Crippen molar-refractivity contribution in [3.05, 3.63) is 0 Å². The van der Waals surface area contributed by atoms with Crippen LogP contribution in [-0.2, 0) is 0 Å². The van der Waals surface area contributed by atoms with E-state index in [4.69, 9.17) is 5.73 Å². The second kappa shape index (κ2) is 7.05. The fourth-order valence-electron chi connectivity index (χ4n) is 4.01. The molecule has 3 nitrogen and oxygen atoms in total. The van der Waals surface area contributed by atoms with Gasteiger partial charge in [-0.25, -0.2) is 0 Å². The maximum atomic E-state index is 9.37. The normalized spacial score (nSPS) is 31.7. The summed E-state index contributed by atoms with van der Waals surface area (Å²) in [5.41, 5.74) is 5.83. The van der Waals surface area contributed by atoms with Gasteiger partial charge in [-0.15, -0.1) is 0 Å². The highest BCUT2D eigenvalue weighted by Gasteiger charge is 2.33. The number of likely N-dealkylation sites (tertiary alicyclic amines) is 1. The van der Waals surface area contributed by atoms with Gasteiger partial charge in [0.15, 0.2) is 0 Å². The van der Waals surface area contributed by atoms with Crippen LogP contribution in [-0.4, -0.2) is 41.3 Å². The molecule has 0 spiro atoms. The third-order valence-electron chi connectivity index (χ3n) is 5.50. The molecule has 19 heavy (non-hydrogen) atoms. The lowest BCUT2D eigenvalue weighted by Gasteiger charge is -2.44. The lowest BCUT2D eigenvalue weighted by molar-refractivity contribution is 0.0566. The molecule has 3 atom stereocenters. The largest absolute Gasteiger partial charge is 0.394 e. The maximum Gasteiger partial charge on any atom is 0.0611 e. The second-order valence-electron chi connectivity index (χ2n) is 6.77. The minimum atomic E-state index is -0.345. The monoisotopic (exact) mass is 268 g/mol. The van der Waals surface area contributed by atoms with E-state index in [2.05, 4.69) is 11.8 Å². The molecule has 1 aliphatic carbocycles. The van der Waals surface area contributed by atoms with Gasteiger partial charge in [-0.2, -0.15) is 0 Å². The average molecular weight is 268 g/mol. The van der Waals surface area contributed by atoms with Crippen molar-refractivity contribution in [1.29, 1.82) is 0 Å². The molecule has 2 fully saturated rings. The summed E-state index contributed by atoms with van der Waals surface area (Å²) in [5, 5.41) is 9.37. The number of nitrogens with two attached hydrogens (primary N) is 1. The summed E-state index contributed by atoms with van der Waals surface area (Å²) in [4.78, 5) is 2.72. The molecule has 0 aromatic heterocycles. The molecule has 0 aromatic carbocycles. The number of nitrogens with zero attached hydrogens (tertiary/aromatic N) is 1. The Labute approximate surface area is 118 Å². The number of aliphatic hydroxyl groups excluding tert-OH is 1. The van der Waals surface area contributed by atoms with Gasteiger partial charge in [-0.1, -0.05) is 19.8 Å². The minimum absolute atomic E-state index is 0.121. The molecule has 112 valence electrons. The highest BCUT2D eigenvalue weighted by Crippen LogP contribution is 2.35. The van der Waals surface area contributed by atoms with Gasteiger partial charge in [0.2, 0.25) is 0 Å². The Kier molecular flexibility index (Phi) is 5.67. The van der Waals surface area contributed by atoms with Crippen LogP contribution in [0.15, 0.2) is 0 Å². The standard InChI is InChI=1S/C16H32N2O/c1-2-16(17,13-19)10-6-12-18-11-5-8-14-7-3-4-9-15(14)18/h14-15,19H,2-13,17H2,1H3. The number of aliphatic hydroxyl groups is 1. The molecule has 0 aromatic rings. The Bertz CT molecular complexity index is 263. The summed E-state index contributed by atoms with van der Waals surface area (Å²) in [6.45, 7) is 4.66. The van der Waals surface area contributed by atoms with E-state index in [0.717, 1.165) is 31.2 Å². The van der Waals surface area contributed by atoms with Crippen LogP contribution >= 0.6 is 0 Å². The van der Waals surface area contributed by atoms with E-state index in [0.29, 0.717) is 0 Å². The van der Waals surface area contributed by atoms with Crippen LogP contribution in [0, 0.1) is 5.92 Å². The fraction of sp³-hybridized carbons (Fsp3) is 1.00. The van der Waals surface area contributed by atoms with Crippen molar-refractivity contribution >= 4 is 0 Å². The first kappa shape index (κ1) is 15.3. The Hall–Kier alpha value is -0.120. The van der Waals surface area contributed by atoms with Gasteiger partial charge in [-0.3, -0.25) is 0 Å². The first-order valence-electron chi connectivity index (χ1n) is 8.32. The van der Waals surface area contributed by atoms with Crippen LogP contribution in [0.25, 0.3) is 0 Å². The third kappa shape index (κ3) is 3.93. The van der Waals surface area contributed by atoms with Gasteiger partial charge < -0.3 is 15.7 Å². The van der Waals surface area contributed by atoms with Gasteiger partial charge in [0.1, 0.15) is 0 Å². The number of piperidine rings is 1. The second-order valence-corrected chi connectivity index (χ2v) is 6.77. The topological polar surface area (TPSA) is 49.5 Å². The molecule has 3 heteroatoms. The molecular weight excluding hydrogens is 236 g/mol. The summed E-state index contributed by atoms with van der Waals surface area (Å²) in [6, 6.07) is 0.852. The van der Waals surface area contributed by atoms with E-state index in [-0.39, 0.29) is 12.1 Å². The molecule has 0 radical (unpaired) electrons. The molecule has 0 bridgehead atoms. The summed E-state index contributed by atoms with van der Waals surface area (Å²) >= 11 is 0. The number of hydrogen-bond donors (Lipinski definition) is 2. The van der Waals surface area contributed by atoms with Crippen molar-refractivity contribution in [3.63, 3.8) is 0 Å². The van der Waals surface area contributed by atoms with E-state index < -0.39 is 0 Å². The van der Waals surface area contributed by atoms with E-state index in [1.807, 2.05) is 0 Å². The highest BCUT2D eigenvalue weighted by atomic mass is 16.3. The number of rotatable bonds is 6. The number of hydrogen-bond acceptors (Lipinski definition) is 3. The quantitative estimate of drug-likeness (QED) is 0.778. The van der Waals surface area contributed by atoms with E-state index in [9.17, 15) is 5.11 Å².